The maximum absolute atomic E-state index is 11.8. The molecule has 2 rings (SSSR count). The Bertz CT molecular complexity index is 539. The van der Waals surface area contributed by atoms with Crippen LogP contribution in [0.5, 0.6) is 0 Å². The summed E-state index contributed by atoms with van der Waals surface area (Å²) in [6.07, 6.45) is 0. The number of carbonyl (C=O) groups is 2. The van der Waals surface area contributed by atoms with E-state index in [1.54, 1.807) is 6.92 Å². The van der Waals surface area contributed by atoms with E-state index in [0.717, 1.165) is 31.9 Å². The third kappa shape index (κ3) is 4.85. The molecule has 1 heterocycles. The normalized spacial score (nSPS) is 16.6. The van der Waals surface area contributed by atoms with E-state index in [2.05, 4.69) is 32.2 Å². The summed E-state index contributed by atoms with van der Waals surface area (Å²) in [7, 11) is 3.41. The van der Waals surface area contributed by atoms with Gasteiger partial charge in [0.1, 0.15) is 6.04 Å². The number of esters is 1. The first-order valence-electron chi connectivity index (χ1n) is 7.68. The van der Waals surface area contributed by atoms with Crippen molar-refractivity contribution in [2.75, 3.05) is 50.6 Å². The van der Waals surface area contributed by atoms with Crippen molar-refractivity contribution in [3.8, 4) is 0 Å². The number of ether oxygens (including phenoxy) is 1. The van der Waals surface area contributed by atoms with Crippen molar-refractivity contribution in [1.82, 2.24) is 10.2 Å². The lowest BCUT2D eigenvalue weighted by Gasteiger charge is -2.34. The van der Waals surface area contributed by atoms with Crippen LogP contribution in [0.3, 0.4) is 0 Å². The molecular weight excluding hydrogens is 296 g/mol. The summed E-state index contributed by atoms with van der Waals surface area (Å²) in [5, 5.41) is 5.23. The van der Waals surface area contributed by atoms with E-state index in [1.807, 2.05) is 24.3 Å². The number of likely N-dealkylation sites (N-methyl/N-ethyl adjacent to an activating group) is 1. The van der Waals surface area contributed by atoms with E-state index in [-0.39, 0.29) is 0 Å². The summed E-state index contributed by atoms with van der Waals surface area (Å²) >= 11 is 0. The minimum Gasteiger partial charge on any atom is -0.467 e. The Labute approximate surface area is 136 Å². The molecule has 1 aliphatic rings. The van der Waals surface area contributed by atoms with Gasteiger partial charge in [0.2, 0.25) is 0 Å². The number of hydrogen-bond donors (Lipinski definition) is 2. The number of nitrogens with zero attached hydrogens (tertiary/aromatic N) is 2. The molecule has 1 saturated heterocycles. The van der Waals surface area contributed by atoms with E-state index in [9.17, 15) is 9.59 Å². The van der Waals surface area contributed by atoms with Crippen LogP contribution in [0.4, 0.5) is 16.2 Å². The summed E-state index contributed by atoms with van der Waals surface area (Å²) in [6.45, 7) is 5.67. The van der Waals surface area contributed by atoms with Crippen LogP contribution >= 0.6 is 0 Å². The monoisotopic (exact) mass is 320 g/mol. The lowest BCUT2D eigenvalue weighted by Crippen LogP contribution is -2.44. The second-order valence-electron chi connectivity index (χ2n) is 5.68. The first kappa shape index (κ1) is 17.1. The van der Waals surface area contributed by atoms with Gasteiger partial charge in [0.05, 0.1) is 7.11 Å². The Kier molecular flexibility index (Phi) is 5.81. The van der Waals surface area contributed by atoms with E-state index < -0.39 is 18.0 Å². The first-order valence-corrected chi connectivity index (χ1v) is 7.68. The predicted octanol–water partition coefficient (Wildman–Crippen LogP) is 1.12. The number of methoxy groups -OCH3 is 1. The lowest BCUT2D eigenvalue weighted by atomic mass is 10.2. The summed E-state index contributed by atoms with van der Waals surface area (Å²) < 4.78 is 4.56. The Morgan fingerprint density at radius 1 is 1.13 bits per heavy atom. The SMILES string of the molecule is COC(=O)C(C)NC(=O)Nc1ccc(N2CCN(C)CC2)cc1. The fourth-order valence-corrected chi connectivity index (χ4v) is 2.42. The van der Waals surface area contributed by atoms with Crippen molar-refractivity contribution < 1.29 is 14.3 Å². The zero-order valence-electron chi connectivity index (χ0n) is 13.8. The highest BCUT2D eigenvalue weighted by atomic mass is 16.5. The lowest BCUT2D eigenvalue weighted by molar-refractivity contribution is -0.142. The molecular formula is C16H24N4O3. The van der Waals surface area contributed by atoms with Crippen molar-refractivity contribution in [2.45, 2.75) is 13.0 Å². The van der Waals surface area contributed by atoms with Crippen LogP contribution in [0.2, 0.25) is 0 Å². The quantitative estimate of drug-likeness (QED) is 0.813. The molecule has 0 saturated carbocycles. The van der Waals surface area contributed by atoms with Gasteiger partial charge in [-0.25, -0.2) is 9.59 Å². The fraction of sp³-hybridized carbons (Fsp3) is 0.500. The van der Waals surface area contributed by atoms with Crippen molar-refractivity contribution in [1.29, 1.82) is 0 Å². The number of benzene rings is 1. The minimum absolute atomic E-state index is 0.435. The van der Waals surface area contributed by atoms with E-state index in [1.165, 1.54) is 7.11 Å². The molecule has 1 aromatic carbocycles. The Hall–Kier alpha value is -2.28. The number of nitrogens with one attached hydrogen (secondary N) is 2. The maximum Gasteiger partial charge on any atom is 0.328 e. The van der Waals surface area contributed by atoms with Gasteiger partial charge in [0.15, 0.2) is 0 Å². The van der Waals surface area contributed by atoms with Gasteiger partial charge in [-0.15, -0.1) is 0 Å². The van der Waals surface area contributed by atoms with Crippen molar-refractivity contribution in [2.24, 2.45) is 0 Å². The summed E-state index contributed by atoms with van der Waals surface area (Å²) in [4.78, 5) is 27.7. The number of urea groups is 1. The van der Waals surface area contributed by atoms with E-state index in [4.69, 9.17) is 0 Å². The molecule has 0 aromatic heterocycles. The average Bonchev–Trinajstić information content (AvgIpc) is 2.55. The molecule has 0 radical (unpaired) electrons. The van der Waals surface area contributed by atoms with Crippen LogP contribution in [-0.2, 0) is 9.53 Å². The molecule has 1 unspecified atom stereocenters. The average molecular weight is 320 g/mol. The van der Waals surface area contributed by atoms with Gasteiger partial charge in [0, 0.05) is 37.6 Å². The van der Waals surface area contributed by atoms with Gasteiger partial charge in [0.25, 0.3) is 0 Å². The Morgan fingerprint density at radius 2 is 1.74 bits per heavy atom. The van der Waals surface area contributed by atoms with Crippen molar-refractivity contribution in [3.05, 3.63) is 24.3 Å². The summed E-state index contributed by atoms with van der Waals surface area (Å²) in [6, 6.07) is 6.57. The fourth-order valence-electron chi connectivity index (χ4n) is 2.42. The topological polar surface area (TPSA) is 73.9 Å². The number of piperazine rings is 1. The smallest absolute Gasteiger partial charge is 0.328 e. The zero-order valence-corrected chi connectivity index (χ0v) is 13.8. The van der Waals surface area contributed by atoms with Gasteiger partial charge in [-0.05, 0) is 38.2 Å². The second-order valence-corrected chi connectivity index (χ2v) is 5.68. The van der Waals surface area contributed by atoms with Crippen LogP contribution in [0, 0.1) is 0 Å². The van der Waals surface area contributed by atoms with Crippen LogP contribution in [0.25, 0.3) is 0 Å². The first-order chi connectivity index (χ1) is 11.0. The molecule has 1 aromatic rings. The molecule has 0 bridgehead atoms. The van der Waals surface area contributed by atoms with Crippen molar-refractivity contribution >= 4 is 23.4 Å². The highest BCUT2D eigenvalue weighted by Gasteiger charge is 2.16. The van der Waals surface area contributed by atoms with Gasteiger partial charge in [-0.1, -0.05) is 0 Å². The van der Waals surface area contributed by atoms with E-state index >= 15 is 0 Å². The molecule has 0 spiro atoms. The van der Waals surface area contributed by atoms with Crippen LogP contribution in [0.1, 0.15) is 6.92 Å². The second kappa shape index (κ2) is 7.82. The Morgan fingerprint density at radius 3 is 2.30 bits per heavy atom. The summed E-state index contributed by atoms with van der Waals surface area (Å²) in [5.41, 5.74) is 1.82. The minimum atomic E-state index is -0.690. The number of rotatable bonds is 4. The third-order valence-electron chi connectivity index (χ3n) is 3.90. The highest BCUT2D eigenvalue weighted by Crippen LogP contribution is 2.19. The molecule has 1 aliphatic heterocycles. The predicted molar refractivity (Wildman–Crippen MR) is 89.8 cm³/mol. The molecule has 1 atom stereocenters. The van der Waals surface area contributed by atoms with Gasteiger partial charge >= 0.3 is 12.0 Å². The van der Waals surface area contributed by atoms with E-state index in [0.29, 0.717) is 5.69 Å². The van der Waals surface area contributed by atoms with Crippen LogP contribution in [0.15, 0.2) is 24.3 Å². The number of hydrogen-bond acceptors (Lipinski definition) is 5. The van der Waals surface area contributed by atoms with Crippen LogP contribution < -0.4 is 15.5 Å². The highest BCUT2D eigenvalue weighted by molar-refractivity contribution is 5.92. The zero-order chi connectivity index (χ0) is 16.8. The number of amides is 2. The maximum atomic E-state index is 11.8. The molecule has 0 aliphatic carbocycles. The van der Waals surface area contributed by atoms with Crippen LogP contribution in [-0.4, -0.2) is 63.3 Å². The van der Waals surface area contributed by atoms with Gasteiger partial charge in [-0.3, -0.25) is 0 Å². The molecule has 2 amide bonds. The molecule has 126 valence electrons. The van der Waals surface area contributed by atoms with Crippen molar-refractivity contribution in [3.63, 3.8) is 0 Å². The summed E-state index contributed by atoms with van der Waals surface area (Å²) in [5.74, 6) is -0.481. The largest absolute Gasteiger partial charge is 0.467 e. The molecule has 7 heteroatoms. The third-order valence-corrected chi connectivity index (χ3v) is 3.90. The molecule has 2 N–H and O–H groups in total. The molecule has 1 fully saturated rings. The van der Waals surface area contributed by atoms with Gasteiger partial charge < -0.3 is 25.2 Å². The molecule has 23 heavy (non-hydrogen) atoms. The number of carbonyl (C=O) groups excluding carboxylic acids is 2. The molecule has 7 nitrogen and oxygen atoms in total. The number of anilines is 2. The standard InChI is InChI=1S/C16H24N4O3/c1-12(15(21)23-3)17-16(22)18-13-4-6-14(7-5-13)20-10-8-19(2)9-11-20/h4-7,12H,8-11H2,1-3H3,(H2,17,18,22). The Balaban J connectivity index is 1.87. The van der Waals surface area contributed by atoms with Gasteiger partial charge in [-0.2, -0.15) is 0 Å².